The van der Waals surface area contributed by atoms with E-state index in [-0.39, 0.29) is 19.1 Å². The molecule has 0 aliphatic rings. The van der Waals surface area contributed by atoms with Gasteiger partial charge in [0.05, 0.1) is 39.9 Å². The third-order valence-corrected chi connectivity index (χ3v) is 15.4. The van der Waals surface area contributed by atoms with Crippen LogP contribution in [0.4, 0.5) is 0 Å². The average molecular weight is 1070 g/mol. The maximum absolute atomic E-state index is 13.0. The lowest BCUT2D eigenvalue weighted by molar-refractivity contribution is -0.870. The molecule has 0 bridgehead atoms. The summed E-state index contributed by atoms with van der Waals surface area (Å²) in [4.78, 5) is 25.5. The van der Waals surface area contributed by atoms with Gasteiger partial charge in [0.2, 0.25) is 5.91 Å². The Morgan fingerprint density at radius 2 is 0.813 bits per heavy atom. The van der Waals surface area contributed by atoms with Gasteiger partial charge in [-0.3, -0.25) is 9.36 Å². The zero-order valence-electron chi connectivity index (χ0n) is 50.3. The summed E-state index contributed by atoms with van der Waals surface area (Å²) in [5.41, 5.74) is 0. The highest BCUT2D eigenvalue weighted by molar-refractivity contribution is 7.45. The highest BCUT2D eigenvalue weighted by Crippen LogP contribution is 2.38. The first-order valence-electron chi connectivity index (χ1n) is 32.2. The first kappa shape index (κ1) is 73.2. The van der Waals surface area contributed by atoms with Crippen LogP contribution in [0.5, 0.6) is 0 Å². The van der Waals surface area contributed by atoms with E-state index in [1.807, 2.05) is 27.2 Å². The number of unbranched alkanes of at least 4 members (excludes halogenated alkanes) is 38. The van der Waals surface area contributed by atoms with Crippen LogP contribution in [-0.4, -0.2) is 68.5 Å². The molecule has 0 spiro atoms. The third-order valence-electron chi connectivity index (χ3n) is 14.5. The van der Waals surface area contributed by atoms with E-state index in [0.29, 0.717) is 17.4 Å². The van der Waals surface area contributed by atoms with Gasteiger partial charge < -0.3 is 28.8 Å². The maximum atomic E-state index is 13.0. The predicted molar refractivity (Wildman–Crippen MR) is 325 cm³/mol. The van der Waals surface area contributed by atoms with E-state index >= 15 is 0 Å². The SMILES string of the molecule is CC/C=C\C/C=C\C/C=C\C/C=C\CCCCCCCCCCCCCCCCCCCCCCCCCCCCC(=O)NC(COP(=O)([O-])OCC[N+](C)(C)C)C(O)/C=C/CCCCCCCCCCCCCC. The molecule has 1 amide bonds. The van der Waals surface area contributed by atoms with Crippen molar-refractivity contribution < 1.29 is 32.9 Å². The fourth-order valence-electron chi connectivity index (χ4n) is 9.50. The fraction of sp³-hybridized carbons (Fsp3) is 0.833. The van der Waals surface area contributed by atoms with Gasteiger partial charge in [0, 0.05) is 6.42 Å². The number of rotatable bonds is 59. The molecule has 0 rings (SSSR count). The van der Waals surface area contributed by atoms with Crippen LogP contribution in [0.15, 0.2) is 60.8 Å². The molecule has 0 fully saturated rings. The van der Waals surface area contributed by atoms with Gasteiger partial charge in [-0.15, -0.1) is 0 Å². The second-order valence-electron chi connectivity index (χ2n) is 23.1. The molecule has 3 unspecified atom stereocenters. The largest absolute Gasteiger partial charge is 0.756 e. The quantitative estimate of drug-likeness (QED) is 0.0272. The Labute approximate surface area is 466 Å². The summed E-state index contributed by atoms with van der Waals surface area (Å²) in [5.74, 6) is -0.193. The first-order chi connectivity index (χ1) is 36.5. The summed E-state index contributed by atoms with van der Waals surface area (Å²) in [6.07, 6.45) is 77.7. The number of nitrogens with zero attached hydrogens (tertiary/aromatic N) is 1. The van der Waals surface area contributed by atoms with E-state index in [9.17, 15) is 19.4 Å². The molecule has 0 saturated carbocycles. The number of amides is 1. The smallest absolute Gasteiger partial charge is 0.268 e. The van der Waals surface area contributed by atoms with Gasteiger partial charge in [-0.05, 0) is 57.8 Å². The molecule has 0 aliphatic heterocycles. The minimum atomic E-state index is -4.59. The van der Waals surface area contributed by atoms with Gasteiger partial charge in [0.15, 0.2) is 0 Å². The van der Waals surface area contributed by atoms with Crippen molar-refractivity contribution in [1.82, 2.24) is 5.32 Å². The van der Waals surface area contributed by atoms with Crippen molar-refractivity contribution in [3.63, 3.8) is 0 Å². The number of phosphoric acid groups is 1. The minimum absolute atomic E-state index is 0.000264. The van der Waals surface area contributed by atoms with Crippen LogP contribution in [0.25, 0.3) is 0 Å². The van der Waals surface area contributed by atoms with Crippen molar-refractivity contribution in [1.29, 1.82) is 0 Å². The fourth-order valence-corrected chi connectivity index (χ4v) is 10.2. The van der Waals surface area contributed by atoms with Crippen molar-refractivity contribution in [3.05, 3.63) is 60.8 Å². The van der Waals surface area contributed by atoms with Crippen LogP contribution < -0.4 is 10.2 Å². The lowest BCUT2D eigenvalue weighted by Gasteiger charge is -2.29. The third kappa shape index (κ3) is 59.7. The Bertz CT molecular complexity index is 1400. The number of likely N-dealkylation sites (N-methyl/N-ethyl adjacent to an activating group) is 1. The molecule has 0 saturated heterocycles. The van der Waals surface area contributed by atoms with E-state index in [1.165, 1.54) is 218 Å². The lowest BCUT2D eigenvalue weighted by Crippen LogP contribution is -2.45. The summed E-state index contributed by atoms with van der Waals surface area (Å²) in [6.45, 7) is 4.56. The van der Waals surface area contributed by atoms with Crippen LogP contribution >= 0.6 is 7.82 Å². The molecule has 440 valence electrons. The molecule has 0 heterocycles. The molecule has 0 aromatic heterocycles. The lowest BCUT2D eigenvalue weighted by atomic mass is 10.0. The van der Waals surface area contributed by atoms with Gasteiger partial charge in [0.1, 0.15) is 13.2 Å². The maximum Gasteiger partial charge on any atom is 0.268 e. The zero-order chi connectivity index (χ0) is 54.9. The van der Waals surface area contributed by atoms with E-state index in [1.54, 1.807) is 6.08 Å². The van der Waals surface area contributed by atoms with E-state index in [0.717, 1.165) is 64.2 Å². The number of carbonyl (C=O) groups is 1. The highest BCUT2D eigenvalue weighted by Gasteiger charge is 2.23. The number of quaternary nitrogens is 1. The minimum Gasteiger partial charge on any atom is -0.756 e. The molecule has 75 heavy (non-hydrogen) atoms. The summed E-state index contributed by atoms with van der Waals surface area (Å²) in [5, 5.41) is 13.9. The molecule has 0 aromatic carbocycles. The number of aliphatic hydroxyl groups excluding tert-OH is 1. The normalized spacial score (nSPS) is 14.2. The zero-order valence-corrected chi connectivity index (χ0v) is 51.1. The Hall–Kier alpha value is -1.80. The van der Waals surface area contributed by atoms with Crippen molar-refractivity contribution >= 4 is 13.7 Å². The van der Waals surface area contributed by atoms with Gasteiger partial charge in [-0.2, -0.15) is 0 Å². The van der Waals surface area contributed by atoms with Crippen LogP contribution in [0.2, 0.25) is 0 Å². The predicted octanol–water partition coefficient (Wildman–Crippen LogP) is 19.4. The number of nitrogens with one attached hydrogen (secondary N) is 1. The molecule has 0 radical (unpaired) electrons. The number of phosphoric ester groups is 1. The summed E-state index contributed by atoms with van der Waals surface area (Å²) >= 11 is 0. The molecular formula is C66H125N2O6P. The molecule has 2 N–H and O–H groups in total. The van der Waals surface area contributed by atoms with E-state index < -0.39 is 20.0 Å². The standard InChI is InChI=1S/C66H125N2O6P/c1-6-8-10-12-14-16-18-20-22-23-24-25-26-27-28-29-30-31-32-33-34-35-36-37-38-39-40-41-42-43-44-45-46-48-50-52-54-56-58-60-66(70)67-64(63-74-75(71,72)73-62-61-68(3,4)5)65(69)59-57-55-53-51-49-47-21-19-17-15-13-11-9-7-2/h8,10,14,16,20,22,24-25,57,59,64-65,69H,6-7,9,11-13,15,17-19,21,23,26-56,58,60-63H2,1-5H3,(H-,67,70,71,72)/b10-8-,16-14-,22-20-,25-24-,59-57+. The molecule has 9 heteroatoms. The first-order valence-corrected chi connectivity index (χ1v) is 33.6. The molecular weight excluding hydrogens is 948 g/mol. The second-order valence-corrected chi connectivity index (χ2v) is 24.5. The van der Waals surface area contributed by atoms with Crippen LogP contribution in [0.3, 0.4) is 0 Å². The van der Waals surface area contributed by atoms with Gasteiger partial charge in [-0.25, -0.2) is 0 Å². The number of aliphatic hydroxyl groups is 1. The molecule has 8 nitrogen and oxygen atoms in total. The van der Waals surface area contributed by atoms with Gasteiger partial charge in [0.25, 0.3) is 7.82 Å². The number of allylic oxidation sites excluding steroid dienone is 9. The van der Waals surface area contributed by atoms with Crippen LogP contribution in [0.1, 0.15) is 303 Å². The second kappa shape index (κ2) is 56.9. The van der Waals surface area contributed by atoms with Crippen molar-refractivity contribution in [2.24, 2.45) is 0 Å². The average Bonchev–Trinajstić information content (AvgIpc) is 3.37. The summed E-state index contributed by atoms with van der Waals surface area (Å²) in [6, 6.07) is -0.885. The van der Waals surface area contributed by atoms with Crippen molar-refractivity contribution in [2.45, 2.75) is 315 Å². The number of hydrogen-bond donors (Lipinski definition) is 2. The van der Waals surface area contributed by atoms with E-state index in [2.05, 4.69) is 67.8 Å². The monoisotopic (exact) mass is 1070 g/mol. The Morgan fingerprint density at radius 1 is 0.480 bits per heavy atom. The highest BCUT2D eigenvalue weighted by atomic mass is 31.2. The number of carbonyl (C=O) groups excluding carboxylic acids is 1. The molecule has 3 atom stereocenters. The van der Waals surface area contributed by atoms with Crippen molar-refractivity contribution in [3.8, 4) is 0 Å². The Morgan fingerprint density at radius 3 is 1.19 bits per heavy atom. The Balaban J connectivity index is 3.89. The molecule has 0 aromatic rings. The summed E-state index contributed by atoms with van der Waals surface area (Å²) < 4.78 is 23.3. The van der Waals surface area contributed by atoms with Gasteiger partial charge in [-0.1, -0.05) is 299 Å². The summed E-state index contributed by atoms with van der Waals surface area (Å²) in [7, 11) is 1.27. The number of hydrogen-bond acceptors (Lipinski definition) is 6. The van der Waals surface area contributed by atoms with Gasteiger partial charge >= 0.3 is 0 Å². The van der Waals surface area contributed by atoms with Crippen LogP contribution in [-0.2, 0) is 18.4 Å². The topological polar surface area (TPSA) is 108 Å². The van der Waals surface area contributed by atoms with Crippen LogP contribution in [0, 0.1) is 0 Å². The Kier molecular flexibility index (Phi) is 55.5. The van der Waals surface area contributed by atoms with Crippen molar-refractivity contribution in [2.75, 3.05) is 40.9 Å². The molecule has 0 aliphatic carbocycles. The van der Waals surface area contributed by atoms with E-state index in [4.69, 9.17) is 9.05 Å².